The number of carboxylic acid groups (broad SMARTS) is 1. The molecule has 4 aromatic carbocycles. The van der Waals surface area contributed by atoms with Gasteiger partial charge in [-0.15, -0.1) is 0 Å². The first-order valence-electron chi connectivity index (χ1n) is 10.4. The second kappa shape index (κ2) is 8.14. The van der Waals surface area contributed by atoms with Gasteiger partial charge in [-0.2, -0.15) is 0 Å². The van der Waals surface area contributed by atoms with Crippen molar-refractivity contribution in [2.75, 3.05) is 4.90 Å². The lowest BCUT2D eigenvalue weighted by Crippen LogP contribution is -2.40. The maximum absolute atomic E-state index is 13.5. The van der Waals surface area contributed by atoms with Crippen LogP contribution in [0.2, 0.25) is 0 Å². The average Bonchev–Trinajstić information content (AvgIpc) is 2.82. The maximum atomic E-state index is 13.5. The summed E-state index contributed by atoms with van der Waals surface area (Å²) >= 11 is 3.41. The fourth-order valence-electron chi connectivity index (χ4n) is 4.47. The minimum absolute atomic E-state index is 0.00157. The van der Waals surface area contributed by atoms with Crippen LogP contribution in [0, 0.1) is 17.0 Å². The predicted octanol–water partition coefficient (Wildman–Crippen LogP) is 5.98. The molecular weight excluding hydrogens is 516 g/mol. The summed E-state index contributed by atoms with van der Waals surface area (Å²) in [6.07, 6.45) is 0. The number of amides is 2. The van der Waals surface area contributed by atoms with Gasteiger partial charge in [-0.1, -0.05) is 34.1 Å². The highest BCUT2D eigenvalue weighted by Crippen LogP contribution is 2.44. The Labute approximate surface area is 206 Å². The highest BCUT2D eigenvalue weighted by molar-refractivity contribution is 9.10. The van der Waals surface area contributed by atoms with Gasteiger partial charge in [0.05, 0.1) is 27.3 Å². The highest BCUT2D eigenvalue weighted by Gasteiger charge is 2.37. The quantitative estimate of drug-likeness (QED) is 0.197. The van der Waals surface area contributed by atoms with Crippen LogP contribution >= 0.6 is 15.9 Å². The zero-order valence-electron chi connectivity index (χ0n) is 18.1. The Balaban J connectivity index is 1.79. The molecule has 1 heterocycles. The summed E-state index contributed by atoms with van der Waals surface area (Å²) in [6, 6.07) is 16.8. The van der Waals surface area contributed by atoms with Crippen molar-refractivity contribution in [2.45, 2.75) is 6.92 Å². The van der Waals surface area contributed by atoms with E-state index in [-0.39, 0.29) is 28.1 Å². The number of nitrogens with zero attached hydrogens (tertiary/aromatic N) is 2. The summed E-state index contributed by atoms with van der Waals surface area (Å²) in [6.45, 7) is 1.83. The normalized spacial score (nSPS) is 12.8. The SMILES string of the molecule is Cc1cc(Br)ccc1-c1c([N+](=O)[O-])cc2c3c(cccc13)C(=O)N(c1ccc(C(=O)O)cc1)C2=O. The Morgan fingerprint density at radius 3 is 2.26 bits per heavy atom. The van der Waals surface area contributed by atoms with Crippen LogP contribution in [0.15, 0.2) is 71.2 Å². The first-order chi connectivity index (χ1) is 16.7. The molecule has 0 unspecified atom stereocenters. The van der Waals surface area contributed by atoms with E-state index in [0.717, 1.165) is 14.9 Å². The van der Waals surface area contributed by atoms with E-state index in [2.05, 4.69) is 15.9 Å². The molecule has 0 atom stereocenters. The number of benzene rings is 4. The lowest BCUT2D eigenvalue weighted by molar-refractivity contribution is -0.384. The molecular formula is C26H15BrN2O6. The number of hydrogen-bond donors (Lipinski definition) is 1. The van der Waals surface area contributed by atoms with Gasteiger partial charge in [0.1, 0.15) is 0 Å². The zero-order chi connectivity index (χ0) is 25.0. The number of nitro benzene ring substituents is 1. The van der Waals surface area contributed by atoms with Crippen molar-refractivity contribution >= 4 is 55.9 Å². The highest BCUT2D eigenvalue weighted by atomic mass is 79.9. The Kier molecular flexibility index (Phi) is 5.21. The number of imide groups is 1. The molecule has 2 amide bonds. The summed E-state index contributed by atoms with van der Waals surface area (Å²) in [7, 11) is 0. The van der Waals surface area contributed by atoms with Crippen molar-refractivity contribution in [3.05, 3.63) is 104 Å². The van der Waals surface area contributed by atoms with Gasteiger partial charge >= 0.3 is 5.97 Å². The van der Waals surface area contributed by atoms with Crippen LogP contribution in [0.4, 0.5) is 11.4 Å². The van der Waals surface area contributed by atoms with Crippen molar-refractivity contribution in [3.8, 4) is 11.1 Å². The Bertz CT molecular complexity index is 1610. The van der Waals surface area contributed by atoms with Crippen LogP contribution in [0.5, 0.6) is 0 Å². The molecule has 1 N–H and O–H groups in total. The molecule has 9 heteroatoms. The molecule has 8 nitrogen and oxygen atoms in total. The van der Waals surface area contributed by atoms with Crippen molar-refractivity contribution in [1.29, 1.82) is 0 Å². The summed E-state index contributed by atoms with van der Waals surface area (Å²) in [5.41, 5.74) is 1.92. The molecule has 0 saturated heterocycles. The topological polar surface area (TPSA) is 118 Å². The summed E-state index contributed by atoms with van der Waals surface area (Å²) in [5, 5.41) is 22.1. The minimum Gasteiger partial charge on any atom is -0.478 e. The molecule has 0 saturated carbocycles. The van der Waals surface area contributed by atoms with E-state index in [9.17, 15) is 24.5 Å². The van der Waals surface area contributed by atoms with E-state index in [0.29, 0.717) is 21.9 Å². The second-order valence-electron chi connectivity index (χ2n) is 8.06. The zero-order valence-corrected chi connectivity index (χ0v) is 19.7. The molecule has 4 aromatic rings. The number of carboxylic acids is 1. The third kappa shape index (κ3) is 3.48. The molecule has 0 radical (unpaired) electrons. The van der Waals surface area contributed by atoms with Crippen molar-refractivity contribution in [1.82, 2.24) is 0 Å². The number of anilines is 1. The molecule has 0 aromatic heterocycles. The molecule has 5 rings (SSSR count). The first-order valence-corrected chi connectivity index (χ1v) is 11.2. The van der Waals surface area contributed by atoms with E-state index in [1.165, 1.54) is 30.3 Å². The molecule has 0 aliphatic carbocycles. The first kappa shape index (κ1) is 22.4. The van der Waals surface area contributed by atoms with Gasteiger partial charge in [0.15, 0.2) is 0 Å². The summed E-state index contributed by atoms with van der Waals surface area (Å²) in [5.74, 6) is -2.46. The van der Waals surface area contributed by atoms with Gasteiger partial charge < -0.3 is 5.11 Å². The van der Waals surface area contributed by atoms with E-state index in [1.807, 2.05) is 13.0 Å². The third-order valence-corrected chi connectivity index (χ3v) is 6.53. The van der Waals surface area contributed by atoms with Gasteiger partial charge in [0.25, 0.3) is 17.5 Å². The minimum atomic E-state index is -1.14. The Morgan fingerprint density at radius 1 is 0.943 bits per heavy atom. The van der Waals surface area contributed by atoms with Gasteiger partial charge in [-0.05, 0) is 65.9 Å². The third-order valence-electron chi connectivity index (χ3n) is 6.03. The van der Waals surface area contributed by atoms with E-state index < -0.39 is 22.7 Å². The number of halogens is 1. The number of aromatic carboxylic acids is 1. The Hall–Kier alpha value is -4.37. The molecule has 1 aliphatic rings. The van der Waals surface area contributed by atoms with Crippen LogP contribution in [0.3, 0.4) is 0 Å². The molecule has 35 heavy (non-hydrogen) atoms. The molecule has 0 spiro atoms. The van der Waals surface area contributed by atoms with Crippen molar-refractivity contribution in [3.63, 3.8) is 0 Å². The van der Waals surface area contributed by atoms with Crippen molar-refractivity contribution in [2.24, 2.45) is 0 Å². The Morgan fingerprint density at radius 2 is 1.63 bits per heavy atom. The molecule has 172 valence electrons. The van der Waals surface area contributed by atoms with Gasteiger partial charge in [0.2, 0.25) is 0 Å². The predicted molar refractivity (Wildman–Crippen MR) is 133 cm³/mol. The number of carbonyl (C=O) groups is 3. The second-order valence-corrected chi connectivity index (χ2v) is 8.98. The summed E-state index contributed by atoms with van der Waals surface area (Å²) < 4.78 is 0.819. The molecule has 1 aliphatic heterocycles. The maximum Gasteiger partial charge on any atom is 0.335 e. The van der Waals surface area contributed by atoms with Crippen molar-refractivity contribution < 1.29 is 24.4 Å². The number of rotatable bonds is 4. The van der Waals surface area contributed by atoms with E-state index >= 15 is 0 Å². The average molecular weight is 531 g/mol. The van der Waals surface area contributed by atoms with E-state index in [1.54, 1.807) is 30.3 Å². The largest absolute Gasteiger partial charge is 0.478 e. The summed E-state index contributed by atoms with van der Waals surface area (Å²) in [4.78, 5) is 50.7. The van der Waals surface area contributed by atoms with Crippen LogP contribution in [-0.2, 0) is 0 Å². The smallest absolute Gasteiger partial charge is 0.335 e. The fourth-order valence-corrected chi connectivity index (χ4v) is 4.95. The fraction of sp³-hybridized carbons (Fsp3) is 0.0385. The van der Waals surface area contributed by atoms with Crippen LogP contribution in [0.1, 0.15) is 36.6 Å². The van der Waals surface area contributed by atoms with Gasteiger partial charge in [-0.25, -0.2) is 9.69 Å². The van der Waals surface area contributed by atoms with Gasteiger partial charge in [-0.3, -0.25) is 19.7 Å². The molecule has 0 fully saturated rings. The lowest BCUT2D eigenvalue weighted by atomic mass is 9.86. The molecule has 0 bridgehead atoms. The van der Waals surface area contributed by atoms with E-state index in [4.69, 9.17) is 5.11 Å². The number of aryl methyl sites for hydroxylation is 1. The number of nitro groups is 1. The van der Waals surface area contributed by atoms with Crippen LogP contribution in [0.25, 0.3) is 21.9 Å². The monoisotopic (exact) mass is 530 g/mol. The number of carbonyl (C=O) groups excluding carboxylic acids is 2. The van der Waals surface area contributed by atoms with Gasteiger partial charge in [0, 0.05) is 21.5 Å². The van der Waals surface area contributed by atoms with Crippen LogP contribution < -0.4 is 4.90 Å². The lowest BCUT2D eigenvalue weighted by Gasteiger charge is -2.28. The standard InChI is InChI=1S/C26H15BrN2O6/c1-13-11-15(27)7-10-17(13)23-18-3-2-4-19-22(18)20(12-21(23)29(34)35)25(31)28(24(19)30)16-8-5-14(6-9-16)26(32)33/h2-12H,1H3,(H,32,33). The van der Waals surface area contributed by atoms with Crippen LogP contribution in [-0.4, -0.2) is 27.8 Å². The number of hydrogen-bond acceptors (Lipinski definition) is 5.